The molecule has 0 bridgehead atoms. The summed E-state index contributed by atoms with van der Waals surface area (Å²) >= 11 is 0. The summed E-state index contributed by atoms with van der Waals surface area (Å²) < 4.78 is 0. The second kappa shape index (κ2) is 4.94. The predicted octanol–water partition coefficient (Wildman–Crippen LogP) is 3.88. The molecule has 6 atom stereocenters. The summed E-state index contributed by atoms with van der Waals surface area (Å²) in [6, 6.07) is 0. The van der Waals surface area contributed by atoms with Gasteiger partial charge in [-0.25, -0.2) is 0 Å². The number of rotatable bonds is 1. The van der Waals surface area contributed by atoms with Gasteiger partial charge < -0.3 is 5.11 Å². The van der Waals surface area contributed by atoms with Crippen LogP contribution in [0.3, 0.4) is 0 Å². The van der Waals surface area contributed by atoms with Gasteiger partial charge in [0.2, 0.25) is 0 Å². The van der Waals surface area contributed by atoms with Gasteiger partial charge in [-0.3, -0.25) is 4.79 Å². The fourth-order valence-corrected chi connectivity index (χ4v) is 6.64. The molecular formula is C19H28O2. The minimum absolute atomic E-state index is 0.0571. The number of ketones is 1. The van der Waals surface area contributed by atoms with Crippen LogP contribution >= 0.6 is 0 Å². The highest BCUT2D eigenvalue weighted by Crippen LogP contribution is 2.62. The Morgan fingerprint density at radius 1 is 1.14 bits per heavy atom. The van der Waals surface area contributed by atoms with Crippen molar-refractivity contribution in [1.82, 2.24) is 0 Å². The molecule has 21 heavy (non-hydrogen) atoms. The van der Waals surface area contributed by atoms with Crippen LogP contribution in [-0.4, -0.2) is 17.0 Å². The molecule has 1 unspecified atom stereocenters. The fraction of sp³-hybridized carbons (Fsp3) is 0.842. The summed E-state index contributed by atoms with van der Waals surface area (Å²) in [6.45, 7) is 2.29. The molecule has 0 aromatic carbocycles. The molecule has 1 N–H and O–H groups in total. The Hall–Kier alpha value is -0.630. The van der Waals surface area contributed by atoms with Gasteiger partial charge in [-0.05, 0) is 86.5 Å². The van der Waals surface area contributed by atoms with E-state index >= 15 is 0 Å². The molecule has 4 aliphatic rings. The van der Waals surface area contributed by atoms with Crippen LogP contribution in [0.25, 0.3) is 0 Å². The Morgan fingerprint density at radius 3 is 2.81 bits per heavy atom. The van der Waals surface area contributed by atoms with Crippen molar-refractivity contribution in [3.63, 3.8) is 0 Å². The number of hydrogen-bond acceptors (Lipinski definition) is 2. The molecule has 3 fully saturated rings. The van der Waals surface area contributed by atoms with Crippen LogP contribution in [0.2, 0.25) is 0 Å². The lowest BCUT2D eigenvalue weighted by atomic mass is 9.51. The van der Waals surface area contributed by atoms with Crippen molar-refractivity contribution in [3.8, 4) is 0 Å². The van der Waals surface area contributed by atoms with E-state index in [0.29, 0.717) is 11.7 Å². The van der Waals surface area contributed by atoms with Crippen molar-refractivity contribution >= 4 is 5.78 Å². The van der Waals surface area contributed by atoms with Gasteiger partial charge in [0.25, 0.3) is 0 Å². The molecule has 2 nitrogen and oxygen atoms in total. The summed E-state index contributed by atoms with van der Waals surface area (Å²) in [6.07, 6.45) is 12.1. The maximum atomic E-state index is 11.7. The summed E-state index contributed by atoms with van der Waals surface area (Å²) in [7, 11) is 0. The lowest BCUT2D eigenvalue weighted by molar-refractivity contribution is -0.116. The lowest BCUT2D eigenvalue weighted by Gasteiger charge is -2.54. The third-order valence-corrected chi connectivity index (χ3v) is 7.63. The van der Waals surface area contributed by atoms with E-state index in [4.69, 9.17) is 0 Å². The molecule has 0 amide bonds. The van der Waals surface area contributed by atoms with Gasteiger partial charge in [0.15, 0.2) is 5.78 Å². The Morgan fingerprint density at radius 2 is 2.00 bits per heavy atom. The number of aliphatic hydroxyl groups excluding tert-OH is 1. The number of aliphatic hydroxyl groups is 1. The molecule has 0 spiro atoms. The van der Waals surface area contributed by atoms with Gasteiger partial charge in [-0.15, -0.1) is 0 Å². The molecular weight excluding hydrogens is 260 g/mol. The Kier molecular flexibility index (Phi) is 3.29. The highest BCUT2D eigenvalue weighted by atomic mass is 16.3. The Balaban J connectivity index is 1.64. The van der Waals surface area contributed by atoms with Crippen LogP contribution in [0.15, 0.2) is 11.6 Å². The van der Waals surface area contributed by atoms with Crippen LogP contribution < -0.4 is 0 Å². The highest BCUT2D eigenvalue weighted by Gasteiger charge is 2.57. The largest absolute Gasteiger partial charge is 0.393 e. The Bertz CT molecular complexity index is 480. The van der Waals surface area contributed by atoms with Gasteiger partial charge in [0, 0.05) is 6.42 Å². The van der Waals surface area contributed by atoms with Gasteiger partial charge in [-0.1, -0.05) is 12.5 Å². The molecule has 4 rings (SSSR count). The van der Waals surface area contributed by atoms with Crippen molar-refractivity contribution in [1.29, 1.82) is 0 Å². The quantitative estimate of drug-likeness (QED) is 0.795. The van der Waals surface area contributed by atoms with Crippen LogP contribution in [0.5, 0.6) is 0 Å². The van der Waals surface area contributed by atoms with E-state index in [1.54, 1.807) is 0 Å². The zero-order valence-corrected chi connectivity index (χ0v) is 13.2. The second-order valence-electron chi connectivity index (χ2n) is 8.02. The van der Waals surface area contributed by atoms with Crippen molar-refractivity contribution < 1.29 is 9.90 Å². The molecule has 2 heteroatoms. The summed E-state index contributed by atoms with van der Waals surface area (Å²) in [5.41, 5.74) is 1.70. The number of hydrogen-bond donors (Lipinski definition) is 1. The van der Waals surface area contributed by atoms with Gasteiger partial charge in [0.05, 0.1) is 6.10 Å². The fourth-order valence-electron chi connectivity index (χ4n) is 6.64. The van der Waals surface area contributed by atoms with Crippen LogP contribution in [0, 0.1) is 29.1 Å². The van der Waals surface area contributed by atoms with E-state index in [0.717, 1.165) is 49.9 Å². The van der Waals surface area contributed by atoms with E-state index in [9.17, 15) is 9.90 Å². The van der Waals surface area contributed by atoms with Crippen molar-refractivity contribution in [3.05, 3.63) is 11.6 Å². The van der Waals surface area contributed by atoms with Gasteiger partial charge in [-0.2, -0.15) is 0 Å². The minimum Gasteiger partial charge on any atom is -0.393 e. The van der Waals surface area contributed by atoms with Crippen molar-refractivity contribution in [2.45, 2.75) is 70.8 Å². The van der Waals surface area contributed by atoms with E-state index in [1.807, 2.05) is 6.08 Å². The monoisotopic (exact) mass is 288 g/mol. The molecule has 0 radical (unpaired) electrons. The standard InChI is InChI=1S/C19H28O2/c1-2-19-10-9-15-14-6-4-13(20)11-12(14)3-5-16(15)17(19)7-8-18(19)21/h11,14-18,21H,2-10H2,1H3/t14-,15+,16+,17-,18?,19-/m0/s1. The highest BCUT2D eigenvalue weighted by molar-refractivity contribution is 5.91. The molecule has 0 heterocycles. The molecule has 0 saturated heterocycles. The SMILES string of the molecule is CC[C@]12CC[C@H]3[C@@H](CCC4=CC(=O)CC[C@@H]43)[C@@H]1CCC2O. The average Bonchev–Trinajstić information content (AvgIpc) is 2.84. The number of fused-ring (bicyclic) bond motifs is 5. The first kappa shape index (κ1) is 14.0. The van der Waals surface area contributed by atoms with E-state index in [1.165, 1.54) is 31.3 Å². The third kappa shape index (κ3) is 1.91. The smallest absolute Gasteiger partial charge is 0.155 e. The third-order valence-electron chi connectivity index (χ3n) is 7.63. The lowest BCUT2D eigenvalue weighted by Crippen LogP contribution is -2.48. The van der Waals surface area contributed by atoms with Crippen LogP contribution in [0.4, 0.5) is 0 Å². The first-order chi connectivity index (χ1) is 10.2. The number of carbonyl (C=O) groups excluding carboxylic acids is 1. The molecule has 0 aromatic rings. The molecule has 3 saturated carbocycles. The molecule has 0 aromatic heterocycles. The van der Waals surface area contributed by atoms with E-state index in [2.05, 4.69) is 6.92 Å². The van der Waals surface area contributed by atoms with Crippen LogP contribution in [-0.2, 0) is 4.79 Å². The molecule has 116 valence electrons. The Labute approximate surface area is 128 Å². The van der Waals surface area contributed by atoms with Crippen molar-refractivity contribution in [2.75, 3.05) is 0 Å². The van der Waals surface area contributed by atoms with E-state index in [-0.39, 0.29) is 11.5 Å². The van der Waals surface area contributed by atoms with Gasteiger partial charge >= 0.3 is 0 Å². The molecule has 4 aliphatic carbocycles. The maximum absolute atomic E-state index is 11.7. The first-order valence-corrected chi connectivity index (χ1v) is 9.07. The van der Waals surface area contributed by atoms with E-state index < -0.39 is 0 Å². The first-order valence-electron chi connectivity index (χ1n) is 9.07. The zero-order chi connectivity index (χ0) is 14.6. The maximum Gasteiger partial charge on any atom is 0.155 e. The summed E-state index contributed by atoms with van der Waals surface area (Å²) in [4.78, 5) is 11.7. The second-order valence-corrected chi connectivity index (χ2v) is 8.02. The zero-order valence-electron chi connectivity index (χ0n) is 13.2. The summed E-state index contributed by atoms with van der Waals surface area (Å²) in [5.74, 6) is 3.40. The van der Waals surface area contributed by atoms with Gasteiger partial charge in [0.1, 0.15) is 0 Å². The average molecular weight is 288 g/mol. The summed E-state index contributed by atoms with van der Waals surface area (Å²) in [5, 5.41) is 10.6. The van der Waals surface area contributed by atoms with Crippen LogP contribution in [0.1, 0.15) is 64.7 Å². The minimum atomic E-state index is -0.0571. The topological polar surface area (TPSA) is 37.3 Å². The normalized spacial score (nSPS) is 49.1. The molecule has 0 aliphatic heterocycles. The predicted molar refractivity (Wildman–Crippen MR) is 82.7 cm³/mol. The number of carbonyl (C=O) groups is 1. The number of allylic oxidation sites excluding steroid dienone is 1. The van der Waals surface area contributed by atoms with Crippen molar-refractivity contribution in [2.24, 2.45) is 29.1 Å².